The molecule has 4 nitrogen and oxygen atoms in total. The van der Waals surface area contributed by atoms with E-state index in [1.54, 1.807) is 0 Å². The average molecular weight is 299 g/mol. The molecule has 0 unspecified atom stereocenters. The van der Waals surface area contributed by atoms with Crippen molar-refractivity contribution in [2.45, 2.75) is 49.6 Å². The molecule has 19 heavy (non-hydrogen) atoms. The highest BCUT2D eigenvalue weighted by molar-refractivity contribution is 7.90. The number of rotatable bonds is 3. The molecule has 0 amide bonds. The van der Waals surface area contributed by atoms with Gasteiger partial charge in [0.25, 0.3) is 0 Å². The number of alkyl halides is 3. The van der Waals surface area contributed by atoms with Gasteiger partial charge in [0, 0.05) is 0 Å². The van der Waals surface area contributed by atoms with Crippen LogP contribution in [-0.2, 0) is 14.9 Å². The Morgan fingerprint density at radius 2 is 1.42 bits per heavy atom. The van der Waals surface area contributed by atoms with Gasteiger partial charge in [-0.15, -0.1) is 0 Å². The fraction of sp³-hybridized carbons (Fsp3) is 1.00. The van der Waals surface area contributed by atoms with Crippen LogP contribution in [-0.4, -0.2) is 19.5 Å². The Kier molecular flexibility index (Phi) is 2.93. The maximum Gasteiger partial charge on any atom is 0.513 e. The fourth-order valence-electron chi connectivity index (χ4n) is 4.35. The van der Waals surface area contributed by atoms with Crippen LogP contribution in [0.15, 0.2) is 0 Å². The molecule has 4 aliphatic rings. The van der Waals surface area contributed by atoms with Crippen LogP contribution in [0.4, 0.5) is 13.2 Å². The van der Waals surface area contributed by atoms with Gasteiger partial charge >= 0.3 is 15.5 Å². The van der Waals surface area contributed by atoms with Crippen LogP contribution < -0.4 is 4.89 Å². The lowest BCUT2D eigenvalue weighted by Gasteiger charge is -2.55. The summed E-state index contributed by atoms with van der Waals surface area (Å²) in [5, 5.41) is 0. The first-order valence-corrected chi connectivity index (χ1v) is 7.93. The second-order valence-corrected chi connectivity index (χ2v) is 7.87. The Labute approximate surface area is 109 Å². The minimum absolute atomic E-state index is 0.474. The lowest BCUT2D eigenvalue weighted by molar-refractivity contribution is -0.182. The third kappa shape index (κ3) is 2.38. The zero-order valence-electron chi connectivity index (χ0n) is 10.2. The summed E-state index contributed by atoms with van der Waals surface area (Å²) in [6, 6.07) is 0. The summed E-state index contributed by atoms with van der Waals surface area (Å²) >= 11 is 0. The summed E-state index contributed by atoms with van der Waals surface area (Å²) in [7, 11) is -5.41. The van der Waals surface area contributed by atoms with Gasteiger partial charge in [-0.2, -0.15) is 13.2 Å². The number of nitrogens with one attached hydrogen (secondary N) is 1. The molecule has 4 bridgehead atoms. The second-order valence-electron chi connectivity index (χ2n) is 6.24. The lowest BCUT2D eigenvalue weighted by Crippen LogP contribution is -2.55. The van der Waals surface area contributed by atoms with Gasteiger partial charge in [0.1, 0.15) is 0 Å². The van der Waals surface area contributed by atoms with E-state index in [0.29, 0.717) is 37.0 Å². The van der Waals surface area contributed by atoms with E-state index in [-0.39, 0.29) is 0 Å². The van der Waals surface area contributed by atoms with Gasteiger partial charge in [-0.05, 0) is 56.3 Å². The highest BCUT2D eigenvalue weighted by Gasteiger charge is 2.54. The summed E-state index contributed by atoms with van der Waals surface area (Å²) < 4.78 is 58.8. The van der Waals surface area contributed by atoms with Crippen LogP contribution in [0.5, 0.6) is 0 Å². The van der Waals surface area contributed by atoms with Crippen LogP contribution in [0.3, 0.4) is 0 Å². The molecule has 0 aliphatic heterocycles. The summed E-state index contributed by atoms with van der Waals surface area (Å²) in [6.07, 6.45) is 5.32. The molecule has 0 spiro atoms. The number of hydrogen-bond donors (Lipinski definition) is 1. The average Bonchev–Trinajstić information content (AvgIpc) is 2.23. The van der Waals surface area contributed by atoms with Gasteiger partial charge in [-0.25, -0.2) is 8.42 Å². The third-order valence-corrected chi connectivity index (χ3v) is 5.57. The van der Waals surface area contributed by atoms with Crippen LogP contribution >= 0.6 is 0 Å². The van der Waals surface area contributed by atoms with E-state index < -0.39 is 21.1 Å². The van der Waals surface area contributed by atoms with Crippen molar-refractivity contribution >= 4 is 10.0 Å². The molecule has 0 aromatic carbocycles. The first-order chi connectivity index (χ1) is 8.69. The number of halogens is 3. The predicted octanol–water partition coefficient (Wildman–Crippen LogP) is 2.33. The standard InChI is InChI=1S/C11H16F3NO3S/c12-11(13,14)19(16,17)15-18-10-4-7-1-8(5-10)3-9(2-7)6-10/h7-9,15H,1-6H2. The van der Waals surface area contributed by atoms with Crippen molar-refractivity contribution in [2.75, 3.05) is 0 Å². The van der Waals surface area contributed by atoms with E-state index in [2.05, 4.69) is 0 Å². The molecular weight excluding hydrogens is 283 g/mol. The Balaban J connectivity index is 1.71. The van der Waals surface area contributed by atoms with Gasteiger partial charge in [0.15, 0.2) is 0 Å². The molecule has 0 atom stereocenters. The van der Waals surface area contributed by atoms with E-state index >= 15 is 0 Å². The van der Waals surface area contributed by atoms with Crippen molar-refractivity contribution in [1.82, 2.24) is 4.89 Å². The normalized spacial score (nSPS) is 41.7. The third-order valence-electron chi connectivity index (χ3n) is 4.65. The highest BCUT2D eigenvalue weighted by Crippen LogP contribution is 2.56. The number of sulfonamides is 1. The molecule has 0 aromatic rings. The van der Waals surface area contributed by atoms with Gasteiger partial charge in [-0.1, -0.05) is 4.89 Å². The lowest BCUT2D eigenvalue weighted by atomic mass is 9.54. The van der Waals surface area contributed by atoms with E-state index in [9.17, 15) is 21.6 Å². The quantitative estimate of drug-likeness (QED) is 0.814. The molecule has 0 aromatic heterocycles. The minimum Gasteiger partial charge on any atom is -0.280 e. The summed E-state index contributed by atoms with van der Waals surface area (Å²) in [5.41, 5.74) is -6.04. The Hall–Kier alpha value is -0.340. The van der Waals surface area contributed by atoms with Gasteiger partial charge in [0.2, 0.25) is 0 Å². The van der Waals surface area contributed by atoms with Crippen LogP contribution in [0.2, 0.25) is 0 Å². The Bertz CT molecular complexity index is 439. The molecule has 4 rings (SSSR count). The zero-order chi connectivity index (χ0) is 13.9. The first-order valence-electron chi connectivity index (χ1n) is 6.45. The monoisotopic (exact) mass is 299 g/mol. The molecular formula is C11H16F3NO3S. The van der Waals surface area contributed by atoms with E-state index in [0.717, 1.165) is 19.3 Å². The smallest absolute Gasteiger partial charge is 0.280 e. The highest BCUT2D eigenvalue weighted by atomic mass is 32.2. The fourth-order valence-corrected chi connectivity index (χ4v) is 4.73. The van der Waals surface area contributed by atoms with Crippen molar-refractivity contribution < 1.29 is 26.4 Å². The van der Waals surface area contributed by atoms with Gasteiger partial charge in [-0.3, -0.25) is 4.84 Å². The van der Waals surface area contributed by atoms with Crippen molar-refractivity contribution in [1.29, 1.82) is 0 Å². The molecule has 4 saturated carbocycles. The summed E-state index contributed by atoms with van der Waals surface area (Å²) in [6.45, 7) is 0. The largest absolute Gasteiger partial charge is 0.513 e. The SMILES string of the molecule is O=S(=O)(NOC12CC3CC(CC(C3)C1)C2)C(F)(F)F. The molecule has 8 heteroatoms. The zero-order valence-corrected chi connectivity index (χ0v) is 11.1. The second kappa shape index (κ2) is 4.08. The van der Waals surface area contributed by atoms with E-state index in [1.807, 2.05) is 0 Å². The van der Waals surface area contributed by atoms with Crippen LogP contribution in [0.1, 0.15) is 38.5 Å². The van der Waals surface area contributed by atoms with Crippen LogP contribution in [0, 0.1) is 17.8 Å². The van der Waals surface area contributed by atoms with E-state index in [4.69, 9.17) is 4.84 Å². The topological polar surface area (TPSA) is 55.4 Å². The number of hydrogen-bond acceptors (Lipinski definition) is 3. The molecule has 0 radical (unpaired) electrons. The molecule has 4 aliphatic carbocycles. The maximum absolute atomic E-state index is 12.3. The minimum atomic E-state index is -5.41. The van der Waals surface area contributed by atoms with Crippen molar-refractivity contribution in [3.63, 3.8) is 0 Å². The van der Waals surface area contributed by atoms with Gasteiger partial charge in [0.05, 0.1) is 5.60 Å². The first kappa shape index (κ1) is 13.6. The molecule has 0 saturated heterocycles. The van der Waals surface area contributed by atoms with Crippen LogP contribution in [0.25, 0.3) is 0 Å². The predicted molar refractivity (Wildman–Crippen MR) is 60.1 cm³/mol. The molecule has 0 heterocycles. The van der Waals surface area contributed by atoms with E-state index in [1.165, 1.54) is 4.89 Å². The van der Waals surface area contributed by atoms with Crippen molar-refractivity contribution in [2.24, 2.45) is 17.8 Å². The maximum atomic E-state index is 12.3. The van der Waals surface area contributed by atoms with Crippen molar-refractivity contribution in [3.05, 3.63) is 0 Å². The molecule has 1 N–H and O–H groups in total. The Morgan fingerprint density at radius 1 is 1.00 bits per heavy atom. The van der Waals surface area contributed by atoms with Crippen molar-refractivity contribution in [3.8, 4) is 0 Å². The summed E-state index contributed by atoms with van der Waals surface area (Å²) in [4.78, 5) is 6.38. The molecule has 110 valence electrons. The summed E-state index contributed by atoms with van der Waals surface area (Å²) in [5.74, 6) is 1.42. The Morgan fingerprint density at radius 3 is 1.79 bits per heavy atom. The van der Waals surface area contributed by atoms with Gasteiger partial charge < -0.3 is 0 Å². The molecule has 4 fully saturated rings.